The number of carbonyl (C=O) groups is 1. The number of fused-ring (bicyclic) bond motifs is 1. The molecule has 1 saturated heterocycles. The topological polar surface area (TPSA) is 36.4 Å². The summed E-state index contributed by atoms with van der Waals surface area (Å²) < 4.78 is 0. The Morgan fingerprint density at radius 2 is 1.86 bits per heavy atom. The maximum Gasteiger partial charge on any atom is 0.236 e. The van der Waals surface area contributed by atoms with Gasteiger partial charge in [-0.2, -0.15) is 0 Å². The van der Waals surface area contributed by atoms with Crippen molar-refractivity contribution in [1.82, 2.24) is 14.8 Å². The average Bonchev–Trinajstić information content (AvgIpc) is 2.92. The van der Waals surface area contributed by atoms with Gasteiger partial charge in [0.2, 0.25) is 5.91 Å². The third-order valence-corrected chi connectivity index (χ3v) is 4.58. The molecular formula is C17H23N3O. The molecule has 0 unspecified atom stereocenters. The Bertz CT molecular complexity index is 498. The molecule has 0 spiro atoms. The Morgan fingerprint density at radius 3 is 2.48 bits per heavy atom. The smallest absolute Gasteiger partial charge is 0.236 e. The lowest BCUT2D eigenvalue weighted by Gasteiger charge is -2.21. The first-order valence-corrected chi connectivity index (χ1v) is 7.72. The normalized spacial score (nSPS) is 24.4. The molecule has 0 radical (unpaired) electrons. The van der Waals surface area contributed by atoms with Crippen LogP contribution in [0.3, 0.4) is 0 Å². The molecule has 4 heteroatoms. The summed E-state index contributed by atoms with van der Waals surface area (Å²) in [5, 5.41) is 0. The van der Waals surface area contributed by atoms with Crippen molar-refractivity contribution in [3.05, 3.63) is 42.2 Å². The van der Waals surface area contributed by atoms with Crippen LogP contribution in [-0.4, -0.2) is 47.4 Å². The second kappa shape index (κ2) is 6.39. The highest BCUT2D eigenvalue weighted by Gasteiger charge is 2.34. The molecule has 21 heavy (non-hydrogen) atoms. The Labute approximate surface area is 126 Å². The van der Waals surface area contributed by atoms with Crippen LogP contribution in [0, 0.1) is 11.8 Å². The van der Waals surface area contributed by atoms with E-state index < -0.39 is 0 Å². The largest absolute Gasteiger partial charge is 0.341 e. The zero-order chi connectivity index (χ0) is 14.7. The summed E-state index contributed by atoms with van der Waals surface area (Å²) in [5.41, 5.74) is 1.19. The molecule has 4 nitrogen and oxygen atoms in total. The number of hydrogen-bond acceptors (Lipinski definition) is 3. The molecule has 1 fully saturated rings. The van der Waals surface area contributed by atoms with Crippen LogP contribution in [0.1, 0.15) is 18.4 Å². The highest BCUT2D eigenvalue weighted by molar-refractivity contribution is 5.78. The van der Waals surface area contributed by atoms with Crippen molar-refractivity contribution in [3.8, 4) is 0 Å². The number of likely N-dealkylation sites (N-methyl/N-ethyl adjacent to an activating group) is 1. The van der Waals surface area contributed by atoms with Crippen LogP contribution >= 0.6 is 0 Å². The van der Waals surface area contributed by atoms with E-state index in [1.54, 1.807) is 12.4 Å². The fraction of sp³-hybridized carbons (Fsp3) is 0.529. The van der Waals surface area contributed by atoms with Crippen LogP contribution in [0.5, 0.6) is 0 Å². The van der Waals surface area contributed by atoms with Gasteiger partial charge in [-0.3, -0.25) is 14.7 Å². The van der Waals surface area contributed by atoms with Crippen LogP contribution in [0.25, 0.3) is 0 Å². The molecule has 2 atom stereocenters. The van der Waals surface area contributed by atoms with Crippen molar-refractivity contribution in [1.29, 1.82) is 0 Å². The van der Waals surface area contributed by atoms with Gasteiger partial charge in [0.25, 0.3) is 0 Å². The van der Waals surface area contributed by atoms with E-state index in [1.807, 2.05) is 19.2 Å². The first kappa shape index (κ1) is 14.3. The summed E-state index contributed by atoms with van der Waals surface area (Å²) in [5.74, 6) is 1.63. The minimum Gasteiger partial charge on any atom is -0.341 e. The molecule has 0 bridgehead atoms. The summed E-state index contributed by atoms with van der Waals surface area (Å²) in [6, 6.07) is 3.99. The number of pyridine rings is 1. The second-order valence-corrected chi connectivity index (χ2v) is 6.29. The number of nitrogens with zero attached hydrogens (tertiary/aromatic N) is 3. The number of carbonyl (C=O) groups excluding carboxylic acids is 1. The third kappa shape index (κ3) is 3.50. The van der Waals surface area contributed by atoms with E-state index in [2.05, 4.69) is 26.9 Å². The van der Waals surface area contributed by atoms with Crippen LogP contribution < -0.4 is 0 Å². The van der Waals surface area contributed by atoms with Gasteiger partial charge in [0.05, 0.1) is 6.54 Å². The van der Waals surface area contributed by atoms with Gasteiger partial charge in [-0.1, -0.05) is 12.2 Å². The van der Waals surface area contributed by atoms with E-state index in [0.29, 0.717) is 18.4 Å². The quantitative estimate of drug-likeness (QED) is 0.793. The minimum atomic E-state index is 0.265. The predicted octanol–water partition coefficient (Wildman–Crippen LogP) is 1.94. The van der Waals surface area contributed by atoms with E-state index in [4.69, 9.17) is 0 Å². The molecule has 2 heterocycles. The van der Waals surface area contributed by atoms with Crippen LogP contribution in [-0.2, 0) is 11.3 Å². The first-order valence-electron chi connectivity index (χ1n) is 7.72. The number of aromatic nitrogens is 1. The van der Waals surface area contributed by atoms with E-state index in [-0.39, 0.29) is 5.91 Å². The van der Waals surface area contributed by atoms with E-state index in [9.17, 15) is 4.79 Å². The van der Waals surface area contributed by atoms with Gasteiger partial charge in [0.1, 0.15) is 0 Å². The Kier molecular flexibility index (Phi) is 4.34. The van der Waals surface area contributed by atoms with E-state index >= 15 is 0 Å². The fourth-order valence-electron chi connectivity index (χ4n) is 3.41. The highest BCUT2D eigenvalue weighted by atomic mass is 16.2. The molecule has 0 saturated carbocycles. The van der Waals surface area contributed by atoms with E-state index in [0.717, 1.165) is 32.5 Å². The van der Waals surface area contributed by atoms with Crippen LogP contribution in [0.15, 0.2) is 36.7 Å². The summed E-state index contributed by atoms with van der Waals surface area (Å²) in [7, 11) is 2.00. The fourth-order valence-corrected chi connectivity index (χ4v) is 3.41. The lowest BCUT2D eigenvalue weighted by atomic mass is 9.86. The molecule has 2 aliphatic rings. The zero-order valence-corrected chi connectivity index (χ0v) is 12.6. The minimum absolute atomic E-state index is 0.265. The van der Waals surface area contributed by atoms with Gasteiger partial charge in [-0.25, -0.2) is 0 Å². The Morgan fingerprint density at radius 1 is 1.24 bits per heavy atom. The molecule has 3 rings (SSSR count). The lowest BCUT2D eigenvalue weighted by Crippen LogP contribution is -2.37. The summed E-state index contributed by atoms with van der Waals surface area (Å²) in [4.78, 5) is 20.6. The standard InChI is InChI=1S/C17H23N3O/c1-19(10-14-6-8-18-9-7-14)13-17(21)20-11-15-4-2-3-5-16(15)12-20/h2-3,6-9,15-16H,4-5,10-13H2,1H3/t15-,16+. The number of rotatable bonds is 4. The molecule has 1 aliphatic heterocycles. The maximum atomic E-state index is 12.4. The number of hydrogen-bond donors (Lipinski definition) is 0. The van der Waals surface area contributed by atoms with Crippen LogP contribution in [0.2, 0.25) is 0 Å². The zero-order valence-electron chi connectivity index (χ0n) is 12.6. The molecule has 0 aromatic carbocycles. The van der Waals surface area contributed by atoms with Gasteiger partial charge in [0, 0.05) is 32.0 Å². The Hall–Kier alpha value is -1.68. The van der Waals surface area contributed by atoms with Crippen molar-refractivity contribution in [3.63, 3.8) is 0 Å². The van der Waals surface area contributed by atoms with Gasteiger partial charge < -0.3 is 4.90 Å². The molecule has 1 aliphatic carbocycles. The molecule has 112 valence electrons. The lowest BCUT2D eigenvalue weighted by molar-refractivity contribution is -0.131. The number of amides is 1. The summed E-state index contributed by atoms with van der Waals surface area (Å²) in [6.07, 6.45) is 10.4. The third-order valence-electron chi connectivity index (χ3n) is 4.58. The molecule has 1 aromatic heterocycles. The van der Waals surface area contributed by atoms with Gasteiger partial charge in [0.15, 0.2) is 0 Å². The Balaban J connectivity index is 1.50. The summed E-state index contributed by atoms with van der Waals surface area (Å²) >= 11 is 0. The second-order valence-electron chi connectivity index (χ2n) is 6.29. The average molecular weight is 285 g/mol. The molecule has 1 aromatic rings. The number of allylic oxidation sites excluding steroid dienone is 2. The monoisotopic (exact) mass is 285 g/mol. The van der Waals surface area contributed by atoms with Crippen molar-refractivity contribution in [2.24, 2.45) is 11.8 Å². The SMILES string of the molecule is CN(CC(=O)N1C[C@H]2CC=CC[C@H]2C1)Cc1ccncc1. The summed E-state index contributed by atoms with van der Waals surface area (Å²) in [6.45, 7) is 3.17. The molecule has 1 amide bonds. The number of likely N-dealkylation sites (tertiary alicyclic amines) is 1. The van der Waals surface area contributed by atoms with Crippen molar-refractivity contribution in [2.75, 3.05) is 26.7 Å². The molecule has 0 N–H and O–H groups in total. The van der Waals surface area contributed by atoms with Gasteiger partial charge >= 0.3 is 0 Å². The van der Waals surface area contributed by atoms with Crippen molar-refractivity contribution < 1.29 is 4.79 Å². The molecular weight excluding hydrogens is 262 g/mol. The van der Waals surface area contributed by atoms with Gasteiger partial charge in [-0.05, 0) is 49.4 Å². The highest BCUT2D eigenvalue weighted by Crippen LogP contribution is 2.32. The van der Waals surface area contributed by atoms with E-state index in [1.165, 1.54) is 5.56 Å². The van der Waals surface area contributed by atoms with Gasteiger partial charge in [-0.15, -0.1) is 0 Å². The van der Waals surface area contributed by atoms with Crippen molar-refractivity contribution >= 4 is 5.91 Å². The van der Waals surface area contributed by atoms with Crippen LogP contribution in [0.4, 0.5) is 0 Å². The first-order chi connectivity index (χ1) is 10.2. The predicted molar refractivity (Wildman–Crippen MR) is 82.5 cm³/mol. The maximum absolute atomic E-state index is 12.4. The van der Waals surface area contributed by atoms with Crippen molar-refractivity contribution in [2.45, 2.75) is 19.4 Å².